The number of carbonyl (C=O) groups excluding carboxylic acids is 1. The van der Waals surface area contributed by atoms with E-state index in [0.717, 1.165) is 11.4 Å². The average Bonchev–Trinajstić information content (AvgIpc) is 2.28. The molecule has 16 heavy (non-hydrogen) atoms. The van der Waals surface area contributed by atoms with E-state index in [1.54, 1.807) is 39.2 Å². The maximum Gasteiger partial charge on any atom is 0.414 e. The summed E-state index contributed by atoms with van der Waals surface area (Å²) in [7, 11) is 3.43. The topological polar surface area (TPSA) is 67.6 Å². The molecule has 5 heteroatoms. The van der Waals surface area contributed by atoms with Crippen molar-refractivity contribution < 1.29 is 9.53 Å². The highest BCUT2D eigenvalue weighted by Gasteiger charge is 2.14. The van der Waals surface area contributed by atoms with Gasteiger partial charge in [-0.25, -0.2) is 4.79 Å². The number of nitrogens with two attached hydrogens (primary N) is 1. The van der Waals surface area contributed by atoms with Crippen LogP contribution in [0.1, 0.15) is 6.92 Å². The van der Waals surface area contributed by atoms with Crippen molar-refractivity contribution >= 4 is 23.2 Å². The van der Waals surface area contributed by atoms with Crippen molar-refractivity contribution in [3.8, 4) is 0 Å². The summed E-state index contributed by atoms with van der Waals surface area (Å²) < 4.78 is 4.92. The summed E-state index contributed by atoms with van der Waals surface area (Å²) in [5.74, 6) is 0. The molecule has 0 spiro atoms. The van der Waals surface area contributed by atoms with E-state index in [-0.39, 0.29) is 6.09 Å². The van der Waals surface area contributed by atoms with Crippen molar-refractivity contribution in [2.24, 2.45) is 0 Å². The second-order valence-corrected chi connectivity index (χ2v) is 3.28. The van der Waals surface area contributed by atoms with E-state index in [1.807, 2.05) is 0 Å². The van der Waals surface area contributed by atoms with Gasteiger partial charge in [0, 0.05) is 19.8 Å². The number of anilines is 3. The van der Waals surface area contributed by atoms with Crippen LogP contribution < -0.4 is 16.0 Å². The predicted octanol–water partition coefficient (Wildman–Crippen LogP) is 1.90. The summed E-state index contributed by atoms with van der Waals surface area (Å²) in [6.45, 7) is 2.13. The molecule has 0 heterocycles. The maximum atomic E-state index is 11.5. The lowest BCUT2D eigenvalue weighted by Gasteiger charge is -2.20. The minimum atomic E-state index is -0.385. The summed E-state index contributed by atoms with van der Waals surface area (Å²) in [6, 6.07) is 5.29. The molecular weight excluding hydrogens is 206 g/mol. The molecular formula is C11H17N3O2. The van der Waals surface area contributed by atoms with Crippen LogP contribution in [0.2, 0.25) is 0 Å². The van der Waals surface area contributed by atoms with Gasteiger partial charge in [-0.1, -0.05) is 0 Å². The van der Waals surface area contributed by atoms with Crippen molar-refractivity contribution in [1.82, 2.24) is 0 Å². The zero-order chi connectivity index (χ0) is 12.1. The van der Waals surface area contributed by atoms with Gasteiger partial charge < -0.3 is 15.8 Å². The minimum absolute atomic E-state index is 0.354. The Morgan fingerprint density at radius 1 is 1.56 bits per heavy atom. The normalized spacial score (nSPS) is 9.69. The average molecular weight is 223 g/mol. The van der Waals surface area contributed by atoms with Gasteiger partial charge in [-0.3, -0.25) is 4.90 Å². The monoisotopic (exact) mass is 223 g/mol. The number of nitrogens with zero attached hydrogens (tertiary/aromatic N) is 1. The van der Waals surface area contributed by atoms with E-state index < -0.39 is 0 Å². The second-order valence-electron chi connectivity index (χ2n) is 3.28. The molecule has 0 aliphatic heterocycles. The molecule has 0 aliphatic carbocycles. The van der Waals surface area contributed by atoms with Crippen molar-refractivity contribution in [3.63, 3.8) is 0 Å². The summed E-state index contributed by atoms with van der Waals surface area (Å²) in [4.78, 5) is 13.0. The quantitative estimate of drug-likeness (QED) is 0.768. The van der Waals surface area contributed by atoms with Gasteiger partial charge in [-0.15, -0.1) is 0 Å². The highest BCUT2D eigenvalue weighted by molar-refractivity contribution is 5.92. The Bertz CT molecular complexity index is 379. The Kier molecular flexibility index (Phi) is 3.99. The number of amides is 1. The molecule has 88 valence electrons. The van der Waals surface area contributed by atoms with Crippen molar-refractivity contribution in [1.29, 1.82) is 0 Å². The van der Waals surface area contributed by atoms with Crippen LogP contribution in [0.5, 0.6) is 0 Å². The summed E-state index contributed by atoms with van der Waals surface area (Å²) in [5.41, 5.74) is 7.83. The van der Waals surface area contributed by atoms with Gasteiger partial charge in [0.2, 0.25) is 0 Å². The highest BCUT2D eigenvalue weighted by atomic mass is 16.6. The molecule has 3 N–H and O–H groups in total. The first kappa shape index (κ1) is 12.2. The zero-order valence-corrected chi connectivity index (χ0v) is 9.78. The second kappa shape index (κ2) is 5.25. The number of carbonyl (C=O) groups is 1. The molecule has 0 bridgehead atoms. The van der Waals surface area contributed by atoms with Crippen molar-refractivity contribution in [2.75, 3.05) is 36.7 Å². The van der Waals surface area contributed by atoms with E-state index in [9.17, 15) is 4.79 Å². The van der Waals surface area contributed by atoms with E-state index in [0.29, 0.717) is 12.3 Å². The zero-order valence-electron chi connectivity index (χ0n) is 9.78. The van der Waals surface area contributed by atoms with E-state index in [4.69, 9.17) is 10.5 Å². The minimum Gasteiger partial charge on any atom is -0.449 e. The summed E-state index contributed by atoms with van der Waals surface area (Å²) in [6.07, 6.45) is -0.385. The molecule has 1 amide bonds. The third-order valence-electron chi connectivity index (χ3n) is 2.19. The smallest absolute Gasteiger partial charge is 0.414 e. The Balaban J connectivity index is 2.98. The lowest BCUT2D eigenvalue weighted by molar-refractivity contribution is 0.161. The molecule has 1 aromatic rings. The first-order valence-corrected chi connectivity index (χ1v) is 5.08. The molecule has 0 aromatic heterocycles. The largest absolute Gasteiger partial charge is 0.449 e. The number of rotatable bonds is 3. The number of hydrogen-bond donors (Lipinski definition) is 2. The molecule has 0 aliphatic rings. The third-order valence-corrected chi connectivity index (χ3v) is 2.19. The highest BCUT2D eigenvalue weighted by Crippen LogP contribution is 2.27. The molecule has 0 atom stereocenters. The molecule has 0 fully saturated rings. The molecule has 0 unspecified atom stereocenters. The number of benzene rings is 1. The summed E-state index contributed by atoms with van der Waals surface area (Å²) in [5, 5.41) is 2.98. The Morgan fingerprint density at radius 3 is 2.81 bits per heavy atom. The van der Waals surface area contributed by atoms with Gasteiger partial charge in [0.15, 0.2) is 0 Å². The lowest BCUT2D eigenvalue weighted by atomic mass is 10.2. The van der Waals surface area contributed by atoms with Gasteiger partial charge in [0.25, 0.3) is 0 Å². The van der Waals surface area contributed by atoms with Crippen LogP contribution in [0.4, 0.5) is 21.9 Å². The van der Waals surface area contributed by atoms with Gasteiger partial charge in [0.1, 0.15) is 0 Å². The fourth-order valence-corrected chi connectivity index (χ4v) is 1.37. The van der Waals surface area contributed by atoms with Crippen LogP contribution in [-0.4, -0.2) is 26.8 Å². The summed E-state index contributed by atoms with van der Waals surface area (Å²) >= 11 is 0. The predicted molar refractivity (Wildman–Crippen MR) is 65.8 cm³/mol. The fourth-order valence-electron chi connectivity index (χ4n) is 1.37. The van der Waals surface area contributed by atoms with Crippen LogP contribution in [-0.2, 0) is 4.74 Å². The van der Waals surface area contributed by atoms with Crippen LogP contribution in [0, 0.1) is 0 Å². The molecule has 5 nitrogen and oxygen atoms in total. The van der Waals surface area contributed by atoms with Crippen molar-refractivity contribution in [3.05, 3.63) is 18.2 Å². The van der Waals surface area contributed by atoms with Gasteiger partial charge >= 0.3 is 6.09 Å². The molecule has 0 saturated carbocycles. The Morgan fingerprint density at radius 2 is 2.25 bits per heavy atom. The SMILES string of the molecule is CCOC(=O)N(C)c1ccc(N)cc1NC. The first-order chi connectivity index (χ1) is 7.60. The molecule has 1 rings (SSSR count). The van der Waals surface area contributed by atoms with Crippen molar-refractivity contribution in [2.45, 2.75) is 6.92 Å². The fraction of sp³-hybridized carbons (Fsp3) is 0.364. The third kappa shape index (κ3) is 2.56. The van der Waals surface area contributed by atoms with Crippen LogP contribution in [0.25, 0.3) is 0 Å². The maximum absolute atomic E-state index is 11.5. The molecule has 1 aromatic carbocycles. The molecule has 0 radical (unpaired) electrons. The standard InChI is InChI=1S/C11H17N3O2/c1-4-16-11(15)14(3)10-6-5-8(12)7-9(10)13-2/h5-7,13H,4,12H2,1-3H3. The Labute approximate surface area is 95.2 Å². The van der Waals surface area contributed by atoms with Gasteiger partial charge in [0.05, 0.1) is 18.0 Å². The van der Waals surface area contributed by atoms with Gasteiger partial charge in [-0.05, 0) is 25.1 Å². The van der Waals surface area contributed by atoms with Crippen LogP contribution in [0.3, 0.4) is 0 Å². The van der Waals surface area contributed by atoms with E-state index in [2.05, 4.69) is 5.32 Å². The first-order valence-electron chi connectivity index (χ1n) is 5.08. The lowest BCUT2D eigenvalue weighted by Crippen LogP contribution is -2.27. The Hall–Kier alpha value is -1.91. The number of ether oxygens (including phenoxy) is 1. The van der Waals surface area contributed by atoms with E-state index >= 15 is 0 Å². The molecule has 0 saturated heterocycles. The van der Waals surface area contributed by atoms with Crippen LogP contribution in [0.15, 0.2) is 18.2 Å². The number of nitrogens with one attached hydrogen (secondary N) is 1. The van der Waals surface area contributed by atoms with Crippen LogP contribution >= 0.6 is 0 Å². The number of hydrogen-bond acceptors (Lipinski definition) is 4. The number of nitrogen functional groups attached to an aromatic ring is 1. The van der Waals surface area contributed by atoms with E-state index in [1.165, 1.54) is 4.90 Å². The van der Waals surface area contributed by atoms with Gasteiger partial charge in [-0.2, -0.15) is 0 Å².